The van der Waals surface area contributed by atoms with Gasteiger partial charge in [-0.2, -0.15) is 0 Å². The van der Waals surface area contributed by atoms with Crippen molar-refractivity contribution in [1.29, 1.82) is 0 Å². The first-order chi connectivity index (χ1) is 11.2. The highest BCUT2D eigenvalue weighted by molar-refractivity contribution is 5.96. The molecule has 0 fully saturated rings. The van der Waals surface area contributed by atoms with Crippen molar-refractivity contribution in [2.45, 2.75) is 26.7 Å². The molecular weight excluding hydrogens is 288 g/mol. The standard InChI is InChI=1S/C20H20O3/c1-3-22-18-9-6-15(7-10-18)4-5-16-8-11-19-17(12-16)13-20(23-19)14(2)21/h6-13H,3-5H2,1-2H3. The van der Waals surface area contributed by atoms with Gasteiger partial charge in [0.05, 0.1) is 6.61 Å². The minimum Gasteiger partial charge on any atom is -0.494 e. The molecule has 0 radical (unpaired) electrons. The normalized spacial score (nSPS) is 10.9. The number of Topliss-reactive ketones (excluding diaryl/α,β-unsaturated/α-hetero) is 1. The number of rotatable bonds is 6. The summed E-state index contributed by atoms with van der Waals surface area (Å²) in [6, 6.07) is 16.1. The van der Waals surface area contributed by atoms with Crippen molar-refractivity contribution in [2.24, 2.45) is 0 Å². The van der Waals surface area contributed by atoms with Crippen LogP contribution in [0.2, 0.25) is 0 Å². The van der Waals surface area contributed by atoms with E-state index in [1.165, 1.54) is 18.1 Å². The van der Waals surface area contributed by atoms with Crippen LogP contribution in [-0.4, -0.2) is 12.4 Å². The van der Waals surface area contributed by atoms with Crippen molar-refractivity contribution >= 4 is 16.8 Å². The van der Waals surface area contributed by atoms with Crippen LogP contribution in [0.5, 0.6) is 5.75 Å². The highest BCUT2D eigenvalue weighted by atomic mass is 16.5. The van der Waals surface area contributed by atoms with Gasteiger partial charge in [-0.3, -0.25) is 4.79 Å². The zero-order valence-electron chi connectivity index (χ0n) is 13.5. The van der Waals surface area contributed by atoms with Crippen LogP contribution in [0.3, 0.4) is 0 Å². The van der Waals surface area contributed by atoms with Gasteiger partial charge in [-0.15, -0.1) is 0 Å². The Morgan fingerprint density at radius 3 is 2.39 bits per heavy atom. The summed E-state index contributed by atoms with van der Waals surface area (Å²) in [5.74, 6) is 1.29. The smallest absolute Gasteiger partial charge is 0.194 e. The van der Waals surface area contributed by atoms with E-state index in [0.717, 1.165) is 29.6 Å². The lowest BCUT2D eigenvalue weighted by molar-refractivity contribution is 0.0989. The molecule has 0 unspecified atom stereocenters. The second-order valence-electron chi connectivity index (χ2n) is 5.62. The summed E-state index contributed by atoms with van der Waals surface area (Å²) in [4.78, 5) is 11.4. The largest absolute Gasteiger partial charge is 0.494 e. The number of carbonyl (C=O) groups is 1. The Kier molecular flexibility index (Phi) is 4.47. The number of carbonyl (C=O) groups excluding carboxylic acids is 1. The molecule has 0 atom stereocenters. The quantitative estimate of drug-likeness (QED) is 0.613. The van der Waals surface area contributed by atoms with Gasteiger partial charge in [0.1, 0.15) is 11.3 Å². The molecule has 0 saturated carbocycles. The van der Waals surface area contributed by atoms with Gasteiger partial charge < -0.3 is 9.15 Å². The van der Waals surface area contributed by atoms with Gasteiger partial charge in [-0.1, -0.05) is 18.2 Å². The number of ketones is 1. The maximum Gasteiger partial charge on any atom is 0.194 e. The van der Waals surface area contributed by atoms with Gasteiger partial charge in [-0.25, -0.2) is 0 Å². The Labute approximate surface area is 135 Å². The summed E-state index contributed by atoms with van der Waals surface area (Å²) in [6.07, 6.45) is 1.92. The van der Waals surface area contributed by atoms with E-state index in [4.69, 9.17) is 9.15 Å². The third kappa shape index (κ3) is 3.62. The maximum absolute atomic E-state index is 11.4. The van der Waals surface area contributed by atoms with Crippen molar-refractivity contribution in [1.82, 2.24) is 0 Å². The van der Waals surface area contributed by atoms with Crippen LogP contribution >= 0.6 is 0 Å². The van der Waals surface area contributed by atoms with Gasteiger partial charge in [-0.05, 0) is 61.2 Å². The highest BCUT2D eigenvalue weighted by Crippen LogP contribution is 2.22. The van der Waals surface area contributed by atoms with Crippen LogP contribution in [0.25, 0.3) is 11.0 Å². The predicted octanol–water partition coefficient (Wildman–Crippen LogP) is 4.82. The van der Waals surface area contributed by atoms with Crippen LogP contribution in [-0.2, 0) is 12.8 Å². The van der Waals surface area contributed by atoms with Crippen LogP contribution < -0.4 is 4.74 Å². The summed E-state index contributed by atoms with van der Waals surface area (Å²) < 4.78 is 11.0. The molecular formula is C20H20O3. The number of fused-ring (bicyclic) bond motifs is 1. The van der Waals surface area contributed by atoms with E-state index in [0.29, 0.717) is 12.4 Å². The molecule has 0 aliphatic carbocycles. The van der Waals surface area contributed by atoms with Gasteiger partial charge in [0, 0.05) is 12.3 Å². The van der Waals surface area contributed by atoms with E-state index >= 15 is 0 Å². The zero-order valence-corrected chi connectivity index (χ0v) is 13.5. The molecule has 0 N–H and O–H groups in total. The Bertz CT molecular complexity index is 813. The number of hydrogen-bond acceptors (Lipinski definition) is 3. The minimum absolute atomic E-state index is 0.0443. The first kappa shape index (κ1) is 15.3. The summed E-state index contributed by atoms with van der Waals surface area (Å²) in [7, 11) is 0. The summed E-state index contributed by atoms with van der Waals surface area (Å²) in [5, 5.41) is 0.986. The molecule has 1 heterocycles. The molecule has 0 aliphatic heterocycles. The lowest BCUT2D eigenvalue weighted by Crippen LogP contribution is -1.93. The Hall–Kier alpha value is -2.55. The number of hydrogen-bond donors (Lipinski definition) is 0. The van der Waals surface area contributed by atoms with Crippen LogP contribution in [0.1, 0.15) is 35.5 Å². The van der Waals surface area contributed by atoms with Gasteiger partial charge in [0.25, 0.3) is 0 Å². The van der Waals surface area contributed by atoms with E-state index in [9.17, 15) is 4.79 Å². The van der Waals surface area contributed by atoms with Crippen LogP contribution in [0, 0.1) is 0 Å². The molecule has 3 rings (SSSR count). The first-order valence-electron chi connectivity index (χ1n) is 7.91. The lowest BCUT2D eigenvalue weighted by Gasteiger charge is -2.05. The molecule has 3 nitrogen and oxygen atoms in total. The third-order valence-corrected chi connectivity index (χ3v) is 3.86. The van der Waals surface area contributed by atoms with Crippen molar-refractivity contribution in [3.8, 4) is 5.75 Å². The Morgan fingerprint density at radius 2 is 1.70 bits per heavy atom. The lowest BCUT2D eigenvalue weighted by atomic mass is 10.0. The molecule has 0 saturated heterocycles. The van der Waals surface area contributed by atoms with Gasteiger partial charge in [0.2, 0.25) is 0 Å². The molecule has 0 amide bonds. The summed E-state index contributed by atoms with van der Waals surface area (Å²) >= 11 is 0. The maximum atomic E-state index is 11.4. The molecule has 0 aliphatic rings. The molecule has 2 aromatic carbocycles. The van der Waals surface area contributed by atoms with Gasteiger partial charge in [0.15, 0.2) is 11.5 Å². The molecule has 0 spiro atoms. The van der Waals surface area contributed by atoms with Gasteiger partial charge >= 0.3 is 0 Å². The molecule has 23 heavy (non-hydrogen) atoms. The van der Waals surface area contributed by atoms with Crippen LogP contribution in [0.4, 0.5) is 0 Å². The second kappa shape index (κ2) is 6.69. The van der Waals surface area contributed by atoms with Crippen molar-refractivity contribution in [2.75, 3.05) is 6.61 Å². The third-order valence-electron chi connectivity index (χ3n) is 3.86. The molecule has 3 heteroatoms. The van der Waals surface area contributed by atoms with Crippen molar-refractivity contribution in [3.05, 3.63) is 65.4 Å². The summed E-state index contributed by atoms with van der Waals surface area (Å²) in [5.41, 5.74) is 3.28. The minimum atomic E-state index is -0.0443. The molecule has 118 valence electrons. The number of aryl methyl sites for hydroxylation is 2. The predicted molar refractivity (Wildman–Crippen MR) is 91.2 cm³/mol. The summed E-state index contributed by atoms with van der Waals surface area (Å²) in [6.45, 7) is 4.19. The Morgan fingerprint density at radius 1 is 1.00 bits per heavy atom. The molecule has 3 aromatic rings. The second-order valence-corrected chi connectivity index (χ2v) is 5.62. The monoisotopic (exact) mass is 308 g/mol. The highest BCUT2D eigenvalue weighted by Gasteiger charge is 2.08. The molecule has 0 bridgehead atoms. The number of benzene rings is 2. The van der Waals surface area contributed by atoms with E-state index in [2.05, 4.69) is 24.3 Å². The molecule has 1 aromatic heterocycles. The van der Waals surface area contributed by atoms with Crippen molar-refractivity contribution < 1.29 is 13.9 Å². The topological polar surface area (TPSA) is 39.4 Å². The fourth-order valence-electron chi connectivity index (χ4n) is 2.63. The fraction of sp³-hybridized carbons (Fsp3) is 0.250. The average molecular weight is 308 g/mol. The Balaban J connectivity index is 1.70. The van der Waals surface area contributed by atoms with Crippen molar-refractivity contribution in [3.63, 3.8) is 0 Å². The average Bonchev–Trinajstić information content (AvgIpc) is 2.98. The fourth-order valence-corrected chi connectivity index (χ4v) is 2.63. The number of furan rings is 1. The first-order valence-corrected chi connectivity index (χ1v) is 7.91. The van der Waals surface area contributed by atoms with Crippen LogP contribution in [0.15, 0.2) is 52.9 Å². The van der Waals surface area contributed by atoms with E-state index in [1.54, 1.807) is 0 Å². The SMILES string of the molecule is CCOc1ccc(CCc2ccc3oc(C(C)=O)cc3c2)cc1. The van der Waals surface area contributed by atoms with E-state index < -0.39 is 0 Å². The van der Waals surface area contributed by atoms with E-state index in [-0.39, 0.29) is 5.78 Å². The number of ether oxygens (including phenoxy) is 1. The van der Waals surface area contributed by atoms with E-state index in [1.807, 2.05) is 31.2 Å². The zero-order chi connectivity index (χ0) is 16.2.